The van der Waals surface area contributed by atoms with Gasteiger partial charge < -0.3 is 19.2 Å². The fourth-order valence-electron chi connectivity index (χ4n) is 2.98. The minimum absolute atomic E-state index is 0.391. The molecule has 6 nitrogen and oxygen atoms in total. The van der Waals surface area contributed by atoms with Gasteiger partial charge in [0.15, 0.2) is 6.61 Å². The van der Waals surface area contributed by atoms with Crippen molar-refractivity contribution < 1.29 is 23.5 Å². The summed E-state index contributed by atoms with van der Waals surface area (Å²) >= 11 is 1.28. The van der Waals surface area contributed by atoms with E-state index in [9.17, 15) is 9.59 Å². The van der Waals surface area contributed by atoms with Crippen LogP contribution in [-0.2, 0) is 9.53 Å². The second kappa shape index (κ2) is 7.36. The van der Waals surface area contributed by atoms with Crippen molar-refractivity contribution in [1.82, 2.24) is 0 Å². The van der Waals surface area contributed by atoms with E-state index in [0.29, 0.717) is 21.9 Å². The van der Waals surface area contributed by atoms with Gasteiger partial charge in [-0.2, -0.15) is 0 Å². The Hall–Kier alpha value is -3.32. The zero-order valence-electron chi connectivity index (χ0n) is 15.3. The first-order chi connectivity index (χ1) is 13.6. The maximum atomic E-state index is 12.3. The lowest BCUT2D eigenvalue weighted by Gasteiger charge is -2.10. The Balaban J connectivity index is 1.53. The van der Waals surface area contributed by atoms with E-state index in [4.69, 9.17) is 13.9 Å². The van der Waals surface area contributed by atoms with E-state index in [1.54, 1.807) is 11.4 Å². The minimum Gasteiger partial charge on any atom is -0.495 e. The van der Waals surface area contributed by atoms with Crippen molar-refractivity contribution in [2.24, 2.45) is 0 Å². The van der Waals surface area contributed by atoms with E-state index < -0.39 is 18.5 Å². The Morgan fingerprint density at radius 1 is 1.11 bits per heavy atom. The molecule has 4 rings (SSSR count). The number of anilines is 1. The Morgan fingerprint density at radius 2 is 1.93 bits per heavy atom. The lowest BCUT2D eigenvalue weighted by molar-refractivity contribution is -0.119. The Labute approximate surface area is 164 Å². The normalized spacial score (nSPS) is 10.9. The minimum atomic E-state index is -0.512. The number of rotatable bonds is 5. The van der Waals surface area contributed by atoms with E-state index >= 15 is 0 Å². The third kappa shape index (κ3) is 3.32. The van der Waals surface area contributed by atoms with Crippen LogP contribution in [0.2, 0.25) is 0 Å². The van der Waals surface area contributed by atoms with E-state index in [-0.39, 0.29) is 0 Å². The molecule has 0 atom stereocenters. The summed E-state index contributed by atoms with van der Waals surface area (Å²) < 4.78 is 16.4. The van der Waals surface area contributed by atoms with Gasteiger partial charge in [-0.05, 0) is 36.1 Å². The summed E-state index contributed by atoms with van der Waals surface area (Å²) in [5.74, 6) is -0.480. The molecule has 0 unspecified atom stereocenters. The summed E-state index contributed by atoms with van der Waals surface area (Å²) in [6.45, 7) is 1.43. The predicted molar refractivity (Wildman–Crippen MR) is 108 cm³/mol. The first kappa shape index (κ1) is 18.1. The quantitative estimate of drug-likeness (QED) is 0.493. The van der Waals surface area contributed by atoms with E-state index in [0.717, 1.165) is 21.9 Å². The van der Waals surface area contributed by atoms with Crippen molar-refractivity contribution >= 4 is 50.8 Å². The van der Waals surface area contributed by atoms with Crippen LogP contribution in [0.4, 0.5) is 5.69 Å². The molecule has 2 aromatic carbocycles. The largest absolute Gasteiger partial charge is 0.495 e. The molecule has 1 N–H and O–H groups in total. The summed E-state index contributed by atoms with van der Waals surface area (Å²) in [6.07, 6.45) is 0. The number of benzene rings is 2. The van der Waals surface area contributed by atoms with Gasteiger partial charge >= 0.3 is 5.97 Å². The third-order valence-corrected chi connectivity index (χ3v) is 5.35. The number of furan rings is 1. The van der Waals surface area contributed by atoms with Gasteiger partial charge in [0.2, 0.25) is 0 Å². The highest BCUT2D eigenvalue weighted by atomic mass is 32.1. The van der Waals surface area contributed by atoms with E-state index in [1.165, 1.54) is 18.4 Å². The van der Waals surface area contributed by atoms with Crippen LogP contribution in [0.3, 0.4) is 0 Å². The number of thiophene rings is 1. The molecule has 0 aliphatic rings. The van der Waals surface area contributed by atoms with Gasteiger partial charge in [-0.25, -0.2) is 4.79 Å². The van der Waals surface area contributed by atoms with Gasteiger partial charge in [-0.15, -0.1) is 11.3 Å². The number of fused-ring (bicyclic) bond motifs is 3. The van der Waals surface area contributed by atoms with E-state index in [2.05, 4.69) is 5.32 Å². The van der Waals surface area contributed by atoms with Gasteiger partial charge in [-0.1, -0.05) is 18.2 Å². The summed E-state index contributed by atoms with van der Waals surface area (Å²) in [5.41, 5.74) is 2.65. The molecule has 0 aliphatic carbocycles. The zero-order valence-corrected chi connectivity index (χ0v) is 16.1. The van der Waals surface area contributed by atoms with Crippen LogP contribution in [0.1, 0.15) is 15.2 Å². The number of nitrogens with one attached hydrogen (secondary N) is 1. The van der Waals surface area contributed by atoms with Gasteiger partial charge in [0.05, 0.1) is 12.8 Å². The lowest BCUT2D eigenvalue weighted by atomic mass is 10.1. The van der Waals surface area contributed by atoms with Crippen LogP contribution >= 0.6 is 11.3 Å². The molecular weight excluding hydrogens is 378 g/mol. The Morgan fingerprint density at radius 3 is 2.68 bits per heavy atom. The number of amides is 1. The number of esters is 1. The molecular formula is C21H17NO5S. The molecule has 142 valence electrons. The van der Waals surface area contributed by atoms with E-state index in [1.807, 2.05) is 43.3 Å². The number of methoxy groups -OCH3 is 1. The number of aryl methyl sites for hydroxylation is 1. The maximum absolute atomic E-state index is 12.3. The number of para-hydroxylation sites is 1. The Bertz CT molecular complexity index is 1190. The third-order valence-electron chi connectivity index (χ3n) is 4.35. The second-order valence-electron chi connectivity index (χ2n) is 6.20. The number of hydrogen-bond donors (Lipinski definition) is 1. The molecule has 2 aromatic heterocycles. The smallest absolute Gasteiger partial charge is 0.349 e. The van der Waals surface area contributed by atoms with Crippen LogP contribution in [0.15, 0.2) is 52.3 Å². The molecule has 0 saturated carbocycles. The van der Waals surface area contributed by atoms with Gasteiger partial charge in [0.1, 0.15) is 21.8 Å². The van der Waals surface area contributed by atoms with Crippen LogP contribution in [-0.4, -0.2) is 25.6 Å². The molecule has 28 heavy (non-hydrogen) atoms. The van der Waals surface area contributed by atoms with Crippen molar-refractivity contribution in [1.29, 1.82) is 0 Å². The summed E-state index contributed by atoms with van der Waals surface area (Å²) in [4.78, 5) is 24.8. The lowest BCUT2D eigenvalue weighted by Crippen LogP contribution is -2.21. The molecule has 4 aromatic rings. The average Bonchev–Trinajstić information content (AvgIpc) is 3.28. The van der Waals surface area contributed by atoms with Crippen LogP contribution in [0.5, 0.6) is 5.75 Å². The number of carbonyl (C=O) groups excluding carboxylic acids is 2. The highest BCUT2D eigenvalue weighted by Gasteiger charge is 2.17. The standard InChI is InChI=1S/C21H17NO5S/c1-12-7-8-28-20(12)21(24)26-11-19(23)22-15-10-17-14(9-18(15)25-2)13-5-3-4-6-16(13)27-17/h3-10H,11H2,1-2H3,(H,22,23). The average molecular weight is 395 g/mol. The zero-order chi connectivity index (χ0) is 19.7. The summed E-state index contributed by atoms with van der Waals surface area (Å²) in [7, 11) is 1.53. The molecule has 0 saturated heterocycles. The highest BCUT2D eigenvalue weighted by Crippen LogP contribution is 2.36. The van der Waals surface area contributed by atoms with Gasteiger partial charge in [-0.3, -0.25) is 4.79 Å². The molecule has 1 amide bonds. The molecule has 0 bridgehead atoms. The van der Waals surface area contributed by atoms with Gasteiger partial charge in [0.25, 0.3) is 5.91 Å². The maximum Gasteiger partial charge on any atom is 0.349 e. The van der Waals surface area contributed by atoms with Crippen molar-refractivity contribution in [2.45, 2.75) is 6.92 Å². The molecule has 2 heterocycles. The summed E-state index contributed by atoms with van der Waals surface area (Å²) in [6, 6.07) is 13.0. The Kier molecular flexibility index (Phi) is 4.75. The van der Waals surface area contributed by atoms with Crippen LogP contribution in [0.25, 0.3) is 21.9 Å². The number of carbonyl (C=O) groups is 2. The highest BCUT2D eigenvalue weighted by molar-refractivity contribution is 7.12. The fraction of sp³-hybridized carbons (Fsp3) is 0.143. The first-order valence-electron chi connectivity index (χ1n) is 8.57. The first-order valence-corrected chi connectivity index (χ1v) is 9.45. The van der Waals surface area contributed by atoms with Crippen molar-refractivity contribution in [3.05, 3.63) is 58.3 Å². The number of hydrogen-bond acceptors (Lipinski definition) is 6. The monoisotopic (exact) mass is 395 g/mol. The van der Waals surface area contributed by atoms with Crippen molar-refractivity contribution in [3.63, 3.8) is 0 Å². The topological polar surface area (TPSA) is 77.8 Å². The van der Waals surface area contributed by atoms with Gasteiger partial charge in [0, 0.05) is 16.8 Å². The molecule has 0 radical (unpaired) electrons. The second-order valence-corrected chi connectivity index (χ2v) is 7.12. The predicted octanol–water partition coefficient (Wildman–Crippen LogP) is 4.76. The number of ether oxygens (including phenoxy) is 2. The fourth-order valence-corrected chi connectivity index (χ4v) is 3.80. The summed E-state index contributed by atoms with van der Waals surface area (Å²) in [5, 5.41) is 6.38. The molecule has 0 aliphatic heterocycles. The van der Waals surface area contributed by atoms with Crippen molar-refractivity contribution in [2.75, 3.05) is 19.0 Å². The van der Waals surface area contributed by atoms with Crippen molar-refractivity contribution in [3.8, 4) is 5.75 Å². The SMILES string of the molecule is COc1cc2c(cc1NC(=O)COC(=O)c1sccc1C)oc1ccccc12. The molecule has 0 fully saturated rings. The van der Waals surface area contributed by atoms with Crippen LogP contribution < -0.4 is 10.1 Å². The molecule has 7 heteroatoms. The molecule has 0 spiro atoms. The van der Waals surface area contributed by atoms with Crippen LogP contribution in [0, 0.1) is 6.92 Å².